The summed E-state index contributed by atoms with van der Waals surface area (Å²) >= 11 is 0. The summed E-state index contributed by atoms with van der Waals surface area (Å²) in [6.07, 6.45) is 3.54. The number of benzene rings is 1. The van der Waals surface area contributed by atoms with Crippen LogP contribution in [0.5, 0.6) is 0 Å². The fourth-order valence-electron chi connectivity index (χ4n) is 5.00. The van der Waals surface area contributed by atoms with Crippen LogP contribution in [0.25, 0.3) is 16.6 Å². The molecule has 1 saturated heterocycles. The van der Waals surface area contributed by atoms with E-state index in [1.54, 1.807) is 0 Å². The maximum absolute atomic E-state index is 13.0. The van der Waals surface area contributed by atoms with Crippen molar-refractivity contribution in [3.05, 3.63) is 41.7 Å². The van der Waals surface area contributed by atoms with E-state index in [-0.39, 0.29) is 5.92 Å². The number of rotatable bonds is 9. The van der Waals surface area contributed by atoms with E-state index in [1.807, 2.05) is 29.8 Å². The van der Waals surface area contributed by atoms with Crippen molar-refractivity contribution in [2.24, 2.45) is 5.92 Å². The van der Waals surface area contributed by atoms with Crippen molar-refractivity contribution in [1.82, 2.24) is 24.9 Å². The number of anilines is 1. The quantitative estimate of drug-likeness (QED) is 0.485. The topological polar surface area (TPSA) is 67.2 Å². The van der Waals surface area contributed by atoms with Gasteiger partial charge in [-0.2, -0.15) is 10.2 Å². The van der Waals surface area contributed by atoms with E-state index in [0.717, 1.165) is 79.2 Å². The van der Waals surface area contributed by atoms with E-state index in [2.05, 4.69) is 52.9 Å². The molecule has 1 atom stereocenters. The molecule has 0 radical (unpaired) electrons. The number of ketones is 1. The fraction of sp³-hybridized carbons (Fsp3) is 0.538. The SMILES string of the molecule is CCN(CC)CCCC(=O)C1CCCN(c2nnc(C)c3c(C)n(-c4ccccc4)nc23)C1. The highest BCUT2D eigenvalue weighted by Crippen LogP contribution is 2.32. The Morgan fingerprint density at radius 3 is 2.61 bits per heavy atom. The van der Waals surface area contributed by atoms with Crippen LogP contribution in [0.3, 0.4) is 0 Å². The molecule has 1 aliphatic heterocycles. The smallest absolute Gasteiger partial charge is 0.179 e. The Kier molecular flexibility index (Phi) is 7.38. The van der Waals surface area contributed by atoms with Crippen molar-refractivity contribution in [3.63, 3.8) is 0 Å². The van der Waals surface area contributed by atoms with E-state index >= 15 is 0 Å². The van der Waals surface area contributed by atoms with E-state index in [4.69, 9.17) is 5.10 Å². The summed E-state index contributed by atoms with van der Waals surface area (Å²) in [7, 11) is 0. The number of carbonyl (C=O) groups is 1. The van der Waals surface area contributed by atoms with Gasteiger partial charge >= 0.3 is 0 Å². The molecule has 33 heavy (non-hydrogen) atoms. The van der Waals surface area contributed by atoms with Crippen LogP contribution >= 0.6 is 0 Å². The van der Waals surface area contributed by atoms with E-state index in [9.17, 15) is 4.79 Å². The number of fused-ring (bicyclic) bond motifs is 1. The molecule has 3 aromatic rings. The Labute approximate surface area is 196 Å². The van der Waals surface area contributed by atoms with Gasteiger partial charge in [-0.05, 0) is 64.9 Å². The second kappa shape index (κ2) is 10.4. The molecule has 7 nitrogen and oxygen atoms in total. The first-order chi connectivity index (χ1) is 16.0. The van der Waals surface area contributed by atoms with Crippen molar-refractivity contribution < 1.29 is 4.79 Å². The standard InChI is InChI=1S/C26H36N6O/c1-5-30(6-2)16-11-15-23(33)21-12-10-17-31(18-21)26-25-24(19(3)27-28-26)20(4)32(29-25)22-13-8-7-9-14-22/h7-9,13-14,21H,5-6,10-12,15-18H2,1-4H3. The fourth-order valence-corrected chi connectivity index (χ4v) is 5.00. The third-order valence-corrected chi connectivity index (χ3v) is 6.95. The normalized spacial score (nSPS) is 16.6. The van der Waals surface area contributed by atoms with Gasteiger partial charge in [-0.15, -0.1) is 5.10 Å². The molecule has 2 aromatic heterocycles. The van der Waals surface area contributed by atoms with Gasteiger partial charge in [0.15, 0.2) is 5.82 Å². The Bertz CT molecular complexity index is 1090. The second-order valence-corrected chi connectivity index (χ2v) is 9.05. The molecule has 0 amide bonds. The van der Waals surface area contributed by atoms with Crippen LogP contribution in [-0.2, 0) is 4.79 Å². The molecular formula is C26H36N6O. The number of nitrogens with zero attached hydrogens (tertiary/aromatic N) is 6. The van der Waals surface area contributed by atoms with Crippen molar-refractivity contribution >= 4 is 22.5 Å². The zero-order valence-electron chi connectivity index (χ0n) is 20.4. The second-order valence-electron chi connectivity index (χ2n) is 9.05. The number of Topliss-reactive ketones (excluding diaryl/α,β-unsaturated/α-hetero) is 1. The molecule has 0 aliphatic carbocycles. The molecule has 0 saturated carbocycles. The van der Waals surface area contributed by atoms with Gasteiger partial charge in [-0.25, -0.2) is 4.68 Å². The monoisotopic (exact) mass is 448 g/mol. The minimum Gasteiger partial charge on any atom is -0.353 e. The Balaban J connectivity index is 1.55. The van der Waals surface area contributed by atoms with Gasteiger partial charge in [-0.1, -0.05) is 32.0 Å². The zero-order valence-corrected chi connectivity index (χ0v) is 20.4. The highest BCUT2D eigenvalue weighted by atomic mass is 16.1. The molecule has 176 valence electrons. The van der Waals surface area contributed by atoms with Gasteiger partial charge < -0.3 is 9.80 Å². The lowest BCUT2D eigenvalue weighted by atomic mass is 9.91. The number of aromatic nitrogens is 4. The Morgan fingerprint density at radius 2 is 1.88 bits per heavy atom. The summed E-state index contributed by atoms with van der Waals surface area (Å²) in [4.78, 5) is 17.6. The maximum Gasteiger partial charge on any atom is 0.179 e. The van der Waals surface area contributed by atoms with Gasteiger partial charge in [0.2, 0.25) is 0 Å². The highest BCUT2D eigenvalue weighted by molar-refractivity contribution is 5.92. The number of hydrogen-bond acceptors (Lipinski definition) is 6. The lowest BCUT2D eigenvalue weighted by Crippen LogP contribution is -2.39. The molecule has 1 aromatic carbocycles. The molecule has 1 aliphatic rings. The lowest BCUT2D eigenvalue weighted by Gasteiger charge is -2.32. The average molecular weight is 449 g/mol. The summed E-state index contributed by atoms with van der Waals surface area (Å²) in [5.74, 6) is 1.24. The summed E-state index contributed by atoms with van der Waals surface area (Å²) in [5, 5.41) is 15.0. The molecule has 7 heteroatoms. The maximum atomic E-state index is 13.0. The zero-order chi connectivity index (χ0) is 23.4. The van der Waals surface area contributed by atoms with E-state index < -0.39 is 0 Å². The average Bonchev–Trinajstić information content (AvgIpc) is 3.20. The largest absolute Gasteiger partial charge is 0.353 e. The number of piperidine rings is 1. The van der Waals surface area contributed by atoms with E-state index in [1.165, 1.54) is 0 Å². The first kappa shape index (κ1) is 23.4. The van der Waals surface area contributed by atoms with Crippen molar-refractivity contribution in [2.75, 3.05) is 37.6 Å². The number of aryl methyl sites for hydroxylation is 2. The minimum absolute atomic E-state index is 0.0610. The predicted molar refractivity (Wildman–Crippen MR) is 133 cm³/mol. The molecule has 0 bridgehead atoms. The van der Waals surface area contributed by atoms with Crippen LogP contribution in [-0.4, -0.2) is 63.4 Å². The number of para-hydroxylation sites is 1. The van der Waals surface area contributed by atoms with Crippen molar-refractivity contribution in [3.8, 4) is 5.69 Å². The molecular weight excluding hydrogens is 412 g/mol. The summed E-state index contributed by atoms with van der Waals surface area (Å²) < 4.78 is 1.98. The summed E-state index contributed by atoms with van der Waals surface area (Å²) in [6, 6.07) is 10.2. The third kappa shape index (κ3) is 4.93. The predicted octanol–water partition coefficient (Wildman–Crippen LogP) is 4.34. The van der Waals surface area contributed by atoms with Crippen LogP contribution in [0.4, 0.5) is 5.82 Å². The van der Waals surface area contributed by atoms with Crippen LogP contribution in [0, 0.1) is 19.8 Å². The third-order valence-electron chi connectivity index (χ3n) is 6.95. The van der Waals surface area contributed by atoms with Gasteiger partial charge in [0.05, 0.1) is 22.5 Å². The van der Waals surface area contributed by atoms with Crippen LogP contribution in [0.1, 0.15) is 50.9 Å². The van der Waals surface area contributed by atoms with Crippen LogP contribution in [0.15, 0.2) is 30.3 Å². The molecule has 4 rings (SSSR count). The van der Waals surface area contributed by atoms with Gasteiger partial charge in [0, 0.05) is 25.4 Å². The molecule has 1 unspecified atom stereocenters. The van der Waals surface area contributed by atoms with E-state index in [0.29, 0.717) is 18.7 Å². The number of hydrogen-bond donors (Lipinski definition) is 0. The first-order valence-electron chi connectivity index (χ1n) is 12.3. The Hall–Kier alpha value is -2.80. The molecule has 0 N–H and O–H groups in total. The summed E-state index contributed by atoms with van der Waals surface area (Å²) in [5.41, 5.74) is 3.84. The summed E-state index contributed by atoms with van der Waals surface area (Å²) in [6.45, 7) is 13.1. The molecule has 0 spiro atoms. The van der Waals surface area contributed by atoms with Crippen LogP contribution < -0.4 is 4.90 Å². The number of carbonyl (C=O) groups excluding carboxylic acids is 1. The van der Waals surface area contributed by atoms with Crippen LogP contribution in [0.2, 0.25) is 0 Å². The molecule has 1 fully saturated rings. The minimum atomic E-state index is 0.0610. The van der Waals surface area contributed by atoms with Gasteiger partial charge in [0.25, 0.3) is 0 Å². The van der Waals surface area contributed by atoms with Gasteiger partial charge in [-0.3, -0.25) is 4.79 Å². The highest BCUT2D eigenvalue weighted by Gasteiger charge is 2.29. The first-order valence-corrected chi connectivity index (χ1v) is 12.3. The van der Waals surface area contributed by atoms with Gasteiger partial charge in [0.1, 0.15) is 11.3 Å². The van der Waals surface area contributed by atoms with Crippen molar-refractivity contribution in [2.45, 2.75) is 53.4 Å². The molecule has 3 heterocycles. The van der Waals surface area contributed by atoms with Crippen molar-refractivity contribution in [1.29, 1.82) is 0 Å². The Morgan fingerprint density at radius 1 is 1.12 bits per heavy atom. The lowest BCUT2D eigenvalue weighted by molar-refractivity contribution is -0.123.